The molecule has 0 saturated carbocycles. The number of aromatic nitrogens is 3. The van der Waals surface area contributed by atoms with Crippen LogP contribution in [-0.4, -0.2) is 14.5 Å². The first-order chi connectivity index (χ1) is 8.93. The molecule has 0 amide bonds. The molecule has 2 heterocycles. The number of imidazole rings is 1. The van der Waals surface area contributed by atoms with Crippen molar-refractivity contribution in [2.75, 3.05) is 0 Å². The van der Waals surface area contributed by atoms with E-state index in [1.165, 1.54) is 0 Å². The maximum atomic E-state index is 5.82. The maximum absolute atomic E-state index is 5.82. The van der Waals surface area contributed by atoms with Gasteiger partial charge >= 0.3 is 0 Å². The summed E-state index contributed by atoms with van der Waals surface area (Å²) in [6, 6.07) is 13.4. The number of para-hydroxylation sites is 1. The molecule has 88 valence electrons. The Morgan fingerprint density at radius 1 is 0.944 bits per heavy atom. The SMILES string of the molecule is c1ccc(Oc2cccnc2-n2ccnc2)cc1. The molecule has 0 aliphatic heterocycles. The first kappa shape index (κ1) is 10.5. The fourth-order valence-electron chi connectivity index (χ4n) is 1.66. The monoisotopic (exact) mass is 237 g/mol. The molecule has 18 heavy (non-hydrogen) atoms. The van der Waals surface area contributed by atoms with E-state index in [1.54, 1.807) is 18.7 Å². The van der Waals surface area contributed by atoms with Crippen molar-refractivity contribution in [1.29, 1.82) is 0 Å². The Bertz CT molecular complexity index is 621. The average molecular weight is 237 g/mol. The molecule has 1 aromatic carbocycles. The molecule has 0 unspecified atom stereocenters. The van der Waals surface area contributed by atoms with Gasteiger partial charge in [0.15, 0.2) is 11.6 Å². The van der Waals surface area contributed by atoms with Crippen LogP contribution in [0.2, 0.25) is 0 Å². The van der Waals surface area contributed by atoms with Crippen molar-refractivity contribution in [3.63, 3.8) is 0 Å². The highest BCUT2D eigenvalue weighted by molar-refractivity contribution is 5.42. The quantitative estimate of drug-likeness (QED) is 0.702. The van der Waals surface area contributed by atoms with E-state index in [4.69, 9.17) is 4.74 Å². The minimum atomic E-state index is 0.696. The van der Waals surface area contributed by atoms with Crippen LogP contribution in [0.15, 0.2) is 67.4 Å². The van der Waals surface area contributed by atoms with Gasteiger partial charge in [-0.05, 0) is 24.3 Å². The predicted molar refractivity (Wildman–Crippen MR) is 67.9 cm³/mol. The highest BCUT2D eigenvalue weighted by Gasteiger charge is 2.07. The molecule has 0 radical (unpaired) electrons. The predicted octanol–water partition coefficient (Wildman–Crippen LogP) is 3.06. The van der Waals surface area contributed by atoms with E-state index in [1.807, 2.05) is 53.2 Å². The van der Waals surface area contributed by atoms with E-state index >= 15 is 0 Å². The van der Waals surface area contributed by atoms with Gasteiger partial charge in [0.2, 0.25) is 0 Å². The molecule has 4 heteroatoms. The van der Waals surface area contributed by atoms with Gasteiger partial charge in [0.05, 0.1) is 0 Å². The fraction of sp³-hybridized carbons (Fsp3) is 0. The Balaban J connectivity index is 1.98. The maximum Gasteiger partial charge on any atom is 0.181 e. The first-order valence-electron chi connectivity index (χ1n) is 5.60. The summed E-state index contributed by atoms with van der Waals surface area (Å²) in [6.07, 6.45) is 6.97. The Labute approximate surface area is 105 Å². The highest BCUT2D eigenvalue weighted by Crippen LogP contribution is 2.25. The van der Waals surface area contributed by atoms with Gasteiger partial charge in [-0.1, -0.05) is 18.2 Å². The van der Waals surface area contributed by atoms with Crippen LogP contribution in [0.3, 0.4) is 0 Å². The van der Waals surface area contributed by atoms with Crippen molar-refractivity contribution in [3.05, 3.63) is 67.4 Å². The van der Waals surface area contributed by atoms with Crippen molar-refractivity contribution in [1.82, 2.24) is 14.5 Å². The Hall–Kier alpha value is -2.62. The standard InChI is InChI=1S/C14H11N3O/c1-2-5-12(6-3-1)18-13-7-4-8-16-14(13)17-10-9-15-11-17/h1-11H. The van der Waals surface area contributed by atoms with Crippen molar-refractivity contribution in [3.8, 4) is 17.3 Å². The number of benzene rings is 1. The second-order valence-electron chi connectivity index (χ2n) is 3.71. The lowest BCUT2D eigenvalue weighted by Gasteiger charge is -2.10. The lowest BCUT2D eigenvalue weighted by Crippen LogP contribution is -1.97. The van der Waals surface area contributed by atoms with E-state index in [0.29, 0.717) is 5.75 Å². The molecule has 0 bridgehead atoms. The summed E-state index contributed by atoms with van der Waals surface area (Å²) in [5.41, 5.74) is 0. The van der Waals surface area contributed by atoms with E-state index in [-0.39, 0.29) is 0 Å². The van der Waals surface area contributed by atoms with Crippen LogP contribution >= 0.6 is 0 Å². The Morgan fingerprint density at radius 3 is 2.61 bits per heavy atom. The van der Waals surface area contributed by atoms with Crippen LogP contribution in [0, 0.1) is 0 Å². The molecule has 0 fully saturated rings. The molecule has 0 atom stereocenters. The average Bonchev–Trinajstić information content (AvgIpc) is 2.94. The third-order valence-electron chi connectivity index (χ3n) is 2.47. The van der Waals surface area contributed by atoms with Gasteiger partial charge in [0, 0.05) is 18.6 Å². The van der Waals surface area contributed by atoms with Gasteiger partial charge in [-0.2, -0.15) is 0 Å². The third-order valence-corrected chi connectivity index (χ3v) is 2.47. The number of rotatable bonds is 3. The van der Waals surface area contributed by atoms with Crippen LogP contribution in [0.1, 0.15) is 0 Å². The zero-order valence-electron chi connectivity index (χ0n) is 9.60. The van der Waals surface area contributed by atoms with E-state index in [9.17, 15) is 0 Å². The minimum absolute atomic E-state index is 0.696. The molecular weight excluding hydrogens is 226 g/mol. The summed E-state index contributed by atoms with van der Waals surface area (Å²) < 4.78 is 7.64. The van der Waals surface area contributed by atoms with E-state index in [2.05, 4.69) is 9.97 Å². The van der Waals surface area contributed by atoms with Crippen LogP contribution in [-0.2, 0) is 0 Å². The van der Waals surface area contributed by atoms with Crippen LogP contribution in [0.5, 0.6) is 11.5 Å². The molecule has 2 aromatic heterocycles. The lowest BCUT2D eigenvalue weighted by atomic mass is 10.3. The van der Waals surface area contributed by atoms with Crippen molar-refractivity contribution < 1.29 is 4.74 Å². The molecule has 4 nitrogen and oxygen atoms in total. The second-order valence-corrected chi connectivity index (χ2v) is 3.71. The smallest absolute Gasteiger partial charge is 0.181 e. The summed E-state index contributed by atoms with van der Waals surface area (Å²) in [4.78, 5) is 8.33. The van der Waals surface area contributed by atoms with Gasteiger partial charge < -0.3 is 4.74 Å². The normalized spacial score (nSPS) is 10.2. The summed E-state index contributed by atoms with van der Waals surface area (Å²) in [6.45, 7) is 0. The first-order valence-corrected chi connectivity index (χ1v) is 5.60. The van der Waals surface area contributed by atoms with Crippen molar-refractivity contribution >= 4 is 0 Å². The molecule has 3 rings (SSSR count). The van der Waals surface area contributed by atoms with E-state index in [0.717, 1.165) is 11.6 Å². The van der Waals surface area contributed by atoms with Gasteiger partial charge in [-0.25, -0.2) is 9.97 Å². The lowest BCUT2D eigenvalue weighted by molar-refractivity contribution is 0.477. The van der Waals surface area contributed by atoms with Crippen LogP contribution < -0.4 is 4.74 Å². The third kappa shape index (κ3) is 2.08. The number of nitrogens with zero attached hydrogens (tertiary/aromatic N) is 3. The Morgan fingerprint density at radius 2 is 1.83 bits per heavy atom. The van der Waals surface area contributed by atoms with E-state index < -0.39 is 0 Å². The number of hydrogen-bond acceptors (Lipinski definition) is 3. The highest BCUT2D eigenvalue weighted by atomic mass is 16.5. The number of hydrogen-bond donors (Lipinski definition) is 0. The van der Waals surface area contributed by atoms with Gasteiger partial charge in [0.1, 0.15) is 12.1 Å². The van der Waals surface area contributed by atoms with Crippen LogP contribution in [0.25, 0.3) is 5.82 Å². The summed E-state index contributed by atoms with van der Waals surface area (Å²) in [5.74, 6) is 2.20. The topological polar surface area (TPSA) is 39.9 Å². The fourth-order valence-corrected chi connectivity index (χ4v) is 1.66. The molecule has 0 aliphatic rings. The summed E-state index contributed by atoms with van der Waals surface area (Å²) in [5, 5.41) is 0. The van der Waals surface area contributed by atoms with Gasteiger partial charge in [-0.3, -0.25) is 4.57 Å². The second kappa shape index (κ2) is 4.71. The van der Waals surface area contributed by atoms with Crippen molar-refractivity contribution in [2.24, 2.45) is 0 Å². The number of pyridine rings is 1. The van der Waals surface area contributed by atoms with Crippen LogP contribution in [0.4, 0.5) is 0 Å². The summed E-state index contributed by atoms with van der Waals surface area (Å²) in [7, 11) is 0. The molecule has 0 N–H and O–H groups in total. The minimum Gasteiger partial charge on any atom is -0.453 e. The molecule has 3 aromatic rings. The Kier molecular flexibility index (Phi) is 2.75. The molecule has 0 spiro atoms. The molecule has 0 saturated heterocycles. The zero-order valence-corrected chi connectivity index (χ0v) is 9.60. The van der Waals surface area contributed by atoms with Gasteiger partial charge in [-0.15, -0.1) is 0 Å². The number of ether oxygens (including phenoxy) is 1. The van der Waals surface area contributed by atoms with Crippen molar-refractivity contribution in [2.45, 2.75) is 0 Å². The molecule has 0 aliphatic carbocycles. The zero-order chi connectivity index (χ0) is 12.2. The molecular formula is C14H11N3O. The summed E-state index contributed by atoms with van der Waals surface area (Å²) >= 11 is 0. The van der Waals surface area contributed by atoms with Gasteiger partial charge in [0.25, 0.3) is 0 Å². The largest absolute Gasteiger partial charge is 0.453 e.